The average molecular weight is 509 g/mol. The van der Waals surface area contributed by atoms with E-state index in [1.165, 1.54) is 24.1 Å². The lowest BCUT2D eigenvalue weighted by atomic mass is 10.1. The Morgan fingerprint density at radius 3 is 2.51 bits per heavy atom. The molecule has 2 amide bonds. The smallest absolute Gasteiger partial charge is 0.407 e. The lowest BCUT2D eigenvalue weighted by molar-refractivity contribution is 0.0625. The van der Waals surface area contributed by atoms with Crippen LogP contribution in [0, 0.1) is 5.82 Å². The second-order valence-corrected chi connectivity index (χ2v) is 8.46. The Morgan fingerprint density at radius 2 is 1.81 bits per heavy atom. The molecule has 4 aromatic rings. The molecule has 1 saturated heterocycles. The number of ether oxygens (including phenoxy) is 2. The van der Waals surface area contributed by atoms with Crippen molar-refractivity contribution in [2.45, 2.75) is 0 Å². The van der Waals surface area contributed by atoms with Crippen LogP contribution in [0.3, 0.4) is 0 Å². The number of hydrogen-bond donors (Lipinski definition) is 2. The maximum absolute atomic E-state index is 14.6. The van der Waals surface area contributed by atoms with Gasteiger partial charge in [-0.3, -0.25) is 9.89 Å². The zero-order valence-corrected chi connectivity index (χ0v) is 19.9. The van der Waals surface area contributed by atoms with E-state index in [2.05, 4.69) is 15.4 Å². The minimum absolute atomic E-state index is 0.0939. The molecule has 37 heavy (non-hydrogen) atoms. The molecule has 0 atom stereocenters. The fraction of sp³-hybridized carbons (Fsp3) is 0.280. The van der Waals surface area contributed by atoms with Gasteiger partial charge in [0, 0.05) is 61.9 Å². The number of methoxy groups -OCH3 is 1. The highest BCUT2D eigenvalue weighted by Crippen LogP contribution is 2.33. The van der Waals surface area contributed by atoms with Crippen LogP contribution in [-0.2, 0) is 4.74 Å². The maximum atomic E-state index is 14.6. The summed E-state index contributed by atoms with van der Waals surface area (Å²) in [4.78, 5) is 26.8. The Kier molecular flexibility index (Phi) is 6.73. The molecule has 2 N–H and O–H groups in total. The maximum Gasteiger partial charge on any atom is 0.407 e. The van der Waals surface area contributed by atoms with Gasteiger partial charge in [0.15, 0.2) is 17.3 Å². The van der Waals surface area contributed by atoms with Gasteiger partial charge in [0.25, 0.3) is 5.91 Å². The second kappa shape index (κ2) is 10.3. The van der Waals surface area contributed by atoms with Crippen LogP contribution in [0.15, 0.2) is 47.0 Å². The zero-order valence-electron chi connectivity index (χ0n) is 19.9. The van der Waals surface area contributed by atoms with Crippen molar-refractivity contribution in [3.63, 3.8) is 0 Å². The number of aromatic amines is 1. The van der Waals surface area contributed by atoms with Crippen molar-refractivity contribution in [3.05, 3.63) is 53.8 Å². The Labute approximate surface area is 210 Å². The first kappa shape index (κ1) is 24.3. The van der Waals surface area contributed by atoms with Crippen LogP contribution in [0.5, 0.6) is 5.75 Å². The first-order chi connectivity index (χ1) is 17.9. The van der Waals surface area contributed by atoms with E-state index in [0.717, 1.165) is 5.56 Å². The molecule has 1 aliphatic heterocycles. The summed E-state index contributed by atoms with van der Waals surface area (Å²) in [6.07, 6.45) is -0.979. The van der Waals surface area contributed by atoms with Crippen molar-refractivity contribution in [1.29, 1.82) is 0 Å². The van der Waals surface area contributed by atoms with Gasteiger partial charge in [0.05, 0.1) is 12.1 Å². The molecule has 1 aliphatic rings. The van der Waals surface area contributed by atoms with Gasteiger partial charge in [0.2, 0.25) is 0 Å². The summed E-state index contributed by atoms with van der Waals surface area (Å²) in [5, 5.41) is 20.8. The number of piperazine rings is 1. The first-order valence-corrected chi connectivity index (χ1v) is 11.6. The largest absolute Gasteiger partial charge is 0.488 e. The minimum Gasteiger partial charge on any atom is -0.488 e. The molecular formula is C25H24FN5O6. The van der Waals surface area contributed by atoms with Crippen molar-refractivity contribution in [2.75, 3.05) is 46.5 Å². The number of H-pyrrole nitrogens is 1. The summed E-state index contributed by atoms with van der Waals surface area (Å²) < 4.78 is 30.4. The molecule has 3 heterocycles. The predicted octanol–water partition coefficient (Wildman–Crippen LogP) is 3.49. The summed E-state index contributed by atoms with van der Waals surface area (Å²) in [6.45, 7) is 1.82. The summed E-state index contributed by atoms with van der Waals surface area (Å²) >= 11 is 0. The Morgan fingerprint density at radius 1 is 1.08 bits per heavy atom. The molecule has 0 spiro atoms. The van der Waals surface area contributed by atoms with Crippen LogP contribution in [0.25, 0.3) is 33.6 Å². The number of fused-ring (bicyclic) bond motifs is 1. The van der Waals surface area contributed by atoms with E-state index in [1.807, 2.05) is 0 Å². The average Bonchev–Trinajstić information content (AvgIpc) is 3.56. The molecule has 5 rings (SSSR count). The van der Waals surface area contributed by atoms with Crippen LogP contribution < -0.4 is 4.74 Å². The third-order valence-electron chi connectivity index (χ3n) is 6.17. The topological polar surface area (TPSA) is 134 Å². The third-order valence-corrected chi connectivity index (χ3v) is 6.17. The number of benzene rings is 2. The van der Waals surface area contributed by atoms with Crippen LogP contribution in [0.1, 0.15) is 10.4 Å². The van der Waals surface area contributed by atoms with Crippen LogP contribution in [-0.4, -0.2) is 88.8 Å². The molecule has 0 unspecified atom stereocenters. The van der Waals surface area contributed by atoms with E-state index in [1.54, 1.807) is 35.2 Å². The molecule has 192 valence electrons. The molecule has 0 radical (unpaired) electrons. The molecule has 1 fully saturated rings. The second-order valence-electron chi connectivity index (χ2n) is 8.46. The van der Waals surface area contributed by atoms with Gasteiger partial charge in [-0.1, -0.05) is 17.3 Å². The van der Waals surface area contributed by atoms with Crippen LogP contribution in [0.2, 0.25) is 0 Å². The number of rotatable bonds is 7. The minimum atomic E-state index is -0.979. The van der Waals surface area contributed by atoms with E-state index in [4.69, 9.17) is 19.1 Å². The number of aromatic nitrogens is 3. The number of hydrogen-bond acceptors (Lipinski definition) is 7. The van der Waals surface area contributed by atoms with E-state index in [9.17, 15) is 14.0 Å². The molecule has 0 saturated carbocycles. The van der Waals surface area contributed by atoms with Gasteiger partial charge in [-0.2, -0.15) is 5.10 Å². The number of carboxylic acid groups (broad SMARTS) is 1. The van der Waals surface area contributed by atoms with Crippen LogP contribution >= 0.6 is 0 Å². The predicted molar refractivity (Wildman–Crippen MR) is 130 cm³/mol. The van der Waals surface area contributed by atoms with E-state index < -0.39 is 11.9 Å². The van der Waals surface area contributed by atoms with Crippen LogP contribution in [0.4, 0.5) is 9.18 Å². The fourth-order valence-electron chi connectivity index (χ4n) is 4.14. The van der Waals surface area contributed by atoms with Crippen molar-refractivity contribution in [3.8, 4) is 28.5 Å². The SMILES string of the molecule is COCCOc1cc2[nH]nc(-c3cc(-c4ccc(C(=O)N5CCN(C(=O)O)CC5)cc4)no3)c2cc1F. The summed E-state index contributed by atoms with van der Waals surface area (Å²) in [5.41, 5.74) is 2.73. The summed E-state index contributed by atoms with van der Waals surface area (Å²) in [6, 6.07) is 11.5. The highest BCUT2D eigenvalue weighted by molar-refractivity contribution is 5.95. The zero-order chi connectivity index (χ0) is 25.9. The highest BCUT2D eigenvalue weighted by Gasteiger charge is 2.24. The van der Waals surface area contributed by atoms with E-state index in [0.29, 0.717) is 53.3 Å². The molecule has 0 aliphatic carbocycles. The summed E-state index contributed by atoms with van der Waals surface area (Å²) in [7, 11) is 1.54. The lowest BCUT2D eigenvalue weighted by Crippen LogP contribution is -2.50. The monoisotopic (exact) mass is 509 g/mol. The van der Waals surface area contributed by atoms with Gasteiger partial charge in [-0.15, -0.1) is 0 Å². The first-order valence-electron chi connectivity index (χ1n) is 11.6. The number of nitrogens with one attached hydrogen (secondary N) is 1. The Balaban J connectivity index is 1.30. The fourth-order valence-corrected chi connectivity index (χ4v) is 4.14. The Bertz CT molecular complexity index is 1430. The molecule has 2 aromatic carbocycles. The normalized spacial score (nSPS) is 13.8. The highest BCUT2D eigenvalue weighted by atomic mass is 19.1. The lowest BCUT2D eigenvalue weighted by Gasteiger charge is -2.33. The quantitative estimate of drug-likeness (QED) is 0.362. The Hall–Kier alpha value is -4.45. The molecule has 11 nitrogen and oxygen atoms in total. The number of halogens is 1. The van der Waals surface area contributed by atoms with Gasteiger partial charge in [-0.05, 0) is 18.2 Å². The van der Waals surface area contributed by atoms with E-state index in [-0.39, 0.29) is 31.4 Å². The molecular weight excluding hydrogens is 485 g/mol. The molecule has 12 heteroatoms. The van der Waals surface area contributed by atoms with Gasteiger partial charge >= 0.3 is 6.09 Å². The summed E-state index contributed by atoms with van der Waals surface area (Å²) in [5.74, 6) is -0.245. The van der Waals surface area contributed by atoms with Gasteiger partial charge in [0.1, 0.15) is 18.0 Å². The van der Waals surface area contributed by atoms with Crippen molar-refractivity contribution in [1.82, 2.24) is 25.2 Å². The molecule has 2 aromatic heterocycles. The van der Waals surface area contributed by atoms with Crippen molar-refractivity contribution in [2.24, 2.45) is 0 Å². The van der Waals surface area contributed by atoms with E-state index >= 15 is 0 Å². The van der Waals surface area contributed by atoms with Crippen molar-refractivity contribution < 1.29 is 33.1 Å². The number of nitrogens with zero attached hydrogens (tertiary/aromatic N) is 4. The molecule has 0 bridgehead atoms. The standard InChI is InChI=1S/C25H24FN5O6/c1-35-10-11-36-21-14-20-17(12-18(21)26)23(28-27-20)22-13-19(29-37-22)15-2-4-16(5-3-15)24(32)30-6-8-31(9-7-30)25(33)34/h2-5,12-14H,6-11H2,1H3,(H,27,28)(H,33,34). The number of carbonyl (C=O) groups excluding carboxylic acids is 1. The van der Waals surface area contributed by atoms with Gasteiger partial charge < -0.3 is 28.9 Å². The third kappa shape index (κ3) is 4.96. The van der Waals surface area contributed by atoms with Crippen molar-refractivity contribution >= 4 is 22.9 Å². The van der Waals surface area contributed by atoms with Gasteiger partial charge in [-0.25, -0.2) is 9.18 Å². The number of amides is 2. The number of carbonyl (C=O) groups is 2.